The van der Waals surface area contributed by atoms with Crippen molar-refractivity contribution in [3.8, 4) is 0 Å². The van der Waals surface area contributed by atoms with Crippen LogP contribution in [0.3, 0.4) is 0 Å². The minimum absolute atomic E-state index is 0.222. The highest BCUT2D eigenvalue weighted by Crippen LogP contribution is 2.09. The van der Waals surface area contributed by atoms with E-state index in [4.69, 9.17) is 16.7 Å². The number of halogens is 1. The van der Waals surface area contributed by atoms with Gasteiger partial charge in [-0.2, -0.15) is 5.10 Å². The first kappa shape index (κ1) is 12.0. The van der Waals surface area contributed by atoms with Crippen molar-refractivity contribution in [1.29, 1.82) is 0 Å². The third-order valence-electron chi connectivity index (χ3n) is 2.24. The van der Waals surface area contributed by atoms with Gasteiger partial charge in [-0.05, 0) is 18.9 Å². The molecule has 0 radical (unpaired) electrons. The van der Waals surface area contributed by atoms with Crippen LogP contribution in [-0.4, -0.2) is 26.2 Å². The molecule has 0 aromatic carbocycles. The summed E-state index contributed by atoms with van der Waals surface area (Å²) in [5, 5.41) is 12.1. The van der Waals surface area contributed by atoms with Crippen molar-refractivity contribution in [3.05, 3.63) is 17.5 Å². The molecule has 15 heavy (non-hydrogen) atoms. The fourth-order valence-electron chi connectivity index (χ4n) is 1.36. The van der Waals surface area contributed by atoms with Crippen molar-refractivity contribution in [2.24, 2.45) is 0 Å². The number of carboxylic acids is 1. The normalized spacial score (nSPS) is 12.7. The number of aliphatic carboxylic acids is 1. The second kappa shape index (κ2) is 5.16. The Kier molecular flexibility index (Phi) is 4.15. The highest BCUT2D eigenvalue weighted by atomic mass is 35.5. The summed E-state index contributed by atoms with van der Waals surface area (Å²) in [6.07, 6.45) is 1.68. The van der Waals surface area contributed by atoms with Gasteiger partial charge in [0.15, 0.2) is 5.38 Å². The monoisotopic (exact) mass is 230 g/mol. The molecule has 0 fully saturated rings. The third kappa shape index (κ3) is 2.96. The molecule has 1 rings (SSSR count). The van der Waals surface area contributed by atoms with Crippen LogP contribution in [0.2, 0.25) is 0 Å². The average Bonchev–Trinajstić information content (AvgIpc) is 2.60. The number of rotatable bonds is 5. The molecule has 1 N–H and O–H groups in total. The van der Waals surface area contributed by atoms with Crippen LogP contribution in [0, 0.1) is 0 Å². The van der Waals surface area contributed by atoms with E-state index in [2.05, 4.69) is 5.10 Å². The molecular weight excluding hydrogens is 216 g/mol. The van der Waals surface area contributed by atoms with Gasteiger partial charge in [0, 0.05) is 5.69 Å². The SMILES string of the molecule is CCc1cc(CC)n(CC(Cl)C(=O)O)n1. The number of hydrogen-bond donors (Lipinski definition) is 1. The van der Waals surface area contributed by atoms with Gasteiger partial charge < -0.3 is 5.11 Å². The smallest absolute Gasteiger partial charge is 0.323 e. The van der Waals surface area contributed by atoms with E-state index in [9.17, 15) is 4.79 Å². The highest BCUT2D eigenvalue weighted by molar-refractivity contribution is 6.29. The zero-order valence-corrected chi connectivity index (χ0v) is 9.66. The molecule has 1 atom stereocenters. The molecule has 1 aromatic rings. The van der Waals surface area contributed by atoms with Crippen molar-refractivity contribution in [1.82, 2.24) is 9.78 Å². The number of aromatic nitrogens is 2. The summed E-state index contributed by atoms with van der Waals surface area (Å²) in [5.74, 6) is -1.01. The zero-order valence-electron chi connectivity index (χ0n) is 8.90. The molecule has 1 aromatic heterocycles. The summed E-state index contributed by atoms with van der Waals surface area (Å²) in [5.41, 5.74) is 2.00. The molecule has 0 amide bonds. The molecule has 1 unspecified atom stereocenters. The van der Waals surface area contributed by atoms with Crippen LogP contribution in [0.25, 0.3) is 0 Å². The number of aryl methyl sites for hydroxylation is 2. The summed E-state index contributed by atoms with van der Waals surface area (Å²) in [6, 6.07) is 1.99. The van der Waals surface area contributed by atoms with E-state index in [1.807, 2.05) is 19.9 Å². The molecular formula is C10H15ClN2O2. The van der Waals surface area contributed by atoms with Crippen molar-refractivity contribution in [2.75, 3.05) is 0 Å². The molecule has 84 valence electrons. The van der Waals surface area contributed by atoms with Crippen LogP contribution in [0.15, 0.2) is 6.07 Å². The zero-order chi connectivity index (χ0) is 11.4. The van der Waals surface area contributed by atoms with Gasteiger partial charge in [-0.15, -0.1) is 11.6 Å². The van der Waals surface area contributed by atoms with Gasteiger partial charge in [0.1, 0.15) is 0 Å². The summed E-state index contributed by atoms with van der Waals surface area (Å²) < 4.78 is 1.69. The Labute approximate surface area is 93.9 Å². The number of carbonyl (C=O) groups is 1. The Morgan fingerprint density at radius 3 is 2.73 bits per heavy atom. The highest BCUT2D eigenvalue weighted by Gasteiger charge is 2.16. The van der Waals surface area contributed by atoms with Crippen LogP contribution >= 0.6 is 11.6 Å². The summed E-state index contributed by atoms with van der Waals surface area (Å²) in [6.45, 7) is 4.25. The molecule has 0 saturated heterocycles. The maximum atomic E-state index is 10.6. The van der Waals surface area contributed by atoms with E-state index in [1.54, 1.807) is 4.68 Å². The van der Waals surface area contributed by atoms with Gasteiger partial charge >= 0.3 is 5.97 Å². The van der Waals surface area contributed by atoms with Crippen molar-refractivity contribution >= 4 is 17.6 Å². The quantitative estimate of drug-likeness (QED) is 0.784. The summed E-state index contributed by atoms with van der Waals surface area (Å²) >= 11 is 5.67. The Morgan fingerprint density at radius 2 is 2.27 bits per heavy atom. The number of hydrogen-bond acceptors (Lipinski definition) is 2. The number of carboxylic acid groups (broad SMARTS) is 1. The largest absolute Gasteiger partial charge is 0.480 e. The molecule has 0 aliphatic carbocycles. The molecule has 1 heterocycles. The van der Waals surface area contributed by atoms with Crippen molar-refractivity contribution < 1.29 is 9.90 Å². The Balaban J connectivity index is 2.83. The minimum Gasteiger partial charge on any atom is -0.480 e. The fourth-order valence-corrected chi connectivity index (χ4v) is 1.49. The standard InChI is InChI=1S/C10H15ClN2O2/c1-3-7-5-8(4-2)13(12-7)6-9(11)10(14)15/h5,9H,3-4,6H2,1-2H3,(H,14,15). The van der Waals surface area contributed by atoms with Crippen LogP contribution in [0.4, 0.5) is 0 Å². The second-order valence-corrected chi connectivity index (χ2v) is 3.85. The lowest BCUT2D eigenvalue weighted by Gasteiger charge is -2.07. The molecule has 0 saturated carbocycles. The Morgan fingerprint density at radius 1 is 1.60 bits per heavy atom. The molecule has 0 aliphatic rings. The predicted octanol–water partition coefficient (Wildman–Crippen LogP) is 1.70. The van der Waals surface area contributed by atoms with E-state index < -0.39 is 11.3 Å². The van der Waals surface area contributed by atoms with Gasteiger partial charge in [-0.1, -0.05) is 13.8 Å². The second-order valence-electron chi connectivity index (χ2n) is 3.32. The van der Waals surface area contributed by atoms with Crippen molar-refractivity contribution in [3.63, 3.8) is 0 Å². The minimum atomic E-state index is -1.01. The summed E-state index contributed by atoms with van der Waals surface area (Å²) in [4.78, 5) is 10.6. The van der Waals surface area contributed by atoms with Gasteiger partial charge in [-0.25, -0.2) is 0 Å². The molecule has 0 bridgehead atoms. The predicted molar refractivity (Wildman–Crippen MR) is 58.3 cm³/mol. The topological polar surface area (TPSA) is 55.1 Å². The maximum absolute atomic E-state index is 10.6. The Hall–Kier alpha value is -1.03. The lowest BCUT2D eigenvalue weighted by molar-refractivity contribution is -0.136. The Bertz CT molecular complexity index is 349. The van der Waals surface area contributed by atoms with Crippen LogP contribution < -0.4 is 0 Å². The first-order valence-electron chi connectivity index (χ1n) is 5.00. The molecule has 0 spiro atoms. The van der Waals surface area contributed by atoms with Crippen LogP contribution in [0.1, 0.15) is 25.2 Å². The van der Waals surface area contributed by atoms with E-state index in [0.717, 1.165) is 24.2 Å². The van der Waals surface area contributed by atoms with E-state index in [0.29, 0.717) is 0 Å². The van der Waals surface area contributed by atoms with Crippen LogP contribution in [0.5, 0.6) is 0 Å². The fraction of sp³-hybridized carbons (Fsp3) is 0.600. The molecule has 4 nitrogen and oxygen atoms in total. The van der Waals surface area contributed by atoms with Crippen LogP contribution in [-0.2, 0) is 24.2 Å². The first-order valence-corrected chi connectivity index (χ1v) is 5.44. The lowest BCUT2D eigenvalue weighted by atomic mass is 10.2. The lowest BCUT2D eigenvalue weighted by Crippen LogP contribution is -2.22. The molecule has 5 heteroatoms. The first-order chi connectivity index (χ1) is 7.08. The number of nitrogens with zero attached hydrogens (tertiary/aromatic N) is 2. The average molecular weight is 231 g/mol. The van der Waals surface area contributed by atoms with Gasteiger partial charge in [0.05, 0.1) is 12.2 Å². The number of alkyl halides is 1. The molecule has 0 aliphatic heterocycles. The van der Waals surface area contributed by atoms with E-state index >= 15 is 0 Å². The maximum Gasteiger partial charge on any atom is 0.323 e. The van der Waals surface area contributed by atoms with Gasteiger partial charge in [-0.3, -0.25) is 9.48 Å². The van der Waals surface area contributed by atoms with Gasteiger partial charge in [0.2, 0.25) is 0 Å². The summed E-state index contributed by atoms with van der Waals surface area (Å²) in [7, 11) is 0. The van der Waals surface area contributed by atoms with E-state index in [-0.39, 0.29) is 6.54 Å². The third-order valence-corrected chi connectivity index (χ3v) is 2.56. The van der Waals surface area contributed by atoms with E-state index in [1.165, 1.54) is 0 Å². The van der Waals surface area contributed by atoms with Crippen molar-refractivity contribution in [2.45, 2.75) is 38.6 Å². The van der Waals surface area contributed by atoms with Gasteiger partial charge in [0.25, 0.3) is 0 Å².